The van der Waals surface area contributed by atoms with Crippen LogP contribution in [0.15, 0.2) is 91.0 Å². The summed E-state index contributed by atoms with van der Waals surface area (Å²) in [5.74, 6) is 0. The summed E-state index contributed by atoms with van der Waals surface area (Å²) < 4.78 is 30.8. The van der Waals surface area contributed by atoms with E-state index in [1.54, 1.807) is 0 Å². The Hall–Kier alpha value is -3.23. The first kappa shape index (κ1) is 28.8. The van der Waals surface area contributed by atoms with Crippen molar-refractivity contribution in [1.82, 2.24) is 5.32 Å². The third-order valence-corrected chi connectivity index (χ3v) is 6.22. The van der Waals surface area contributed by atoms with Gasteiger partial charge in [0.15, 0.2) is 0 Å². The first-order valence-corrected chi connectivity index (χ1v) is 13.4. The average Bonchev–Trinajstić information content (AvgIpc) is 3.26. The molecule has 39 heavy (non-hydrogen) atoms. The molecule has 7 heteroatoms. The van der Waals surface area contributed by atoms with E-state index in [4.69, 9.17) is 23.7 Å². The van der Waals surface area contributed by atoms with Gasteiger partial charge < -0.3 is 29.0 Å². The number of nitrogens with one attached hydrogen (secondary N) is 1. The molecular weight excluding hydrogens is 494 g/mol. The molecule has 3 aromatic carbocycles. The minimum Gasteiger partial charge on any atom is -0.444 e. The zero-order chi connectivity index (χ0) is 27.5. The van der Waals surface area contributed by atoms with Crippen LogP contribution in [-0.2, 0) is 43.5 Å². The first-order chi connectivity index (χ1) is 18.9. The van der Waals surface area contributed by atoms with E-state index in [1.807, 2.05) is 112 Å². The highest BCUT2D eigenvalue weighted by Gasteiger charge is 2.46. The minimum absolute atomic E-state index is 0.217. The van der Waals surface area contributed by atoms with Gasteiger partial charge in [-0.15, -0.1) is 0 Å². The van der Waals surface area contributed by atoms with Crippen molar-refractivity contribution < 1.29 is 28.5 Å². The summed E-state index contributed by atoms with van der Waals surface area (Å²) in [7, 11) is 0. The fraction of sp³-hybridized carbons (Fsp3) is 0.406. The van der Waals surface area contributed by atoms with Crippen LogP contribution < -0.4 is 5.32 Å². The summed E-state index contributed by atoms with van der Waals surface area (Å²) in [6.45, 7) is 7.29. The van der Waals surface area contributed by atoms with E-state index >= 15 is 0 Å². The smallest absolute Gasteiger partial charge is 0.407 e. The normalized spacial score (nSPS) is 21.0. The number of benzene rings is 3. The number of ether oxygens (including phenoxy) is 5. The Morgan fingerprint density at radius 3 is 1.67 bits per heavy atom. The zero-order valence-corrected chi connectivity index (χ0v) is 23.0. The Morgan fingerprint density at radius 1 is 0.718 bits per heavy atom. The van der Waals surface area contributed by atoms with Crippen molar-refractivity contribution in [3.05, 3.63) is 108 Å². The van der Waals surface area contributed by atoms with E-state index in [9.17, 15) is 4.79 Å². The lowest BCUT2D eigenvalue weighted by Gasteiger charge is -2.26. The van der Waals surface area contributed by atoms with Crippen LogP contribution in [-0.4, -0.2) is 49.3 Å². The predicted octanol–water partition coefficient (Wildman–Crippen LogP) is 5.67. The monoisotopic (exact) mass is 533 g/mol. The van der Waals surface area contributed by atoms with E-state index in [2.05, 4.69) is 5.32 Å². The van der Waals surface area contributed by atoms with Crippen molar-refractivity contribution in [3.8, 4) is 0 Å². The molecule has 4 unspecified atom stereocenters. The molecule has 1 aliphatic rings. The van der Waals surface area contributed by atoms with Gasteiger partial charge in [0.2, 0.25) is 0 Å². The van der Waals surface area contributed by atoms with Gasteiger partial charge in [0.25, 0.3) is 0 Å². The van der Waals surface area contributed by atoms with Gasteiger partial charge in [0.1, 0.15) is 30.0 Å². The summed E-state index contributed by atoms with van der Waals surface area (Å²) in [6, 6.07) is 30.0. The van der Waals surface area contributed by atoms with E-state index in [0.29, 0.717) is 26.4 Å². The maximum Gasteiger partial charge on any atom is 0.407 e. The van der Waals surface area contributed by atoms with Gasteiger partial charge in [-0.25, -0.2) is 4.79 Å². The topological polar surface area (TPSA) is 75.3 Å². The SMILES string of the molecule is CC(C)(C)OC(=O)NCC1OC(COCc2ccccc2)C(OCc2ccccc2)C1OCc1ccccc1. The molecule has 0 spiro atoms. The van der Waals surface area contributed by atoms with Gasteiger partial charge in [-0.3, -0.25) is 0 Å². The quantitative estimate of drug-likeness (QED) is 0.324. The van der Waals surface area contributed by atoms with Crippen LogP contribution in [0.1, 0.15) is 37.5 Å². The standard InChI is InChI=1S/C32H39NO6/c1-32(2,3)39-31(34)33-19-27-29(36-21-25-15-9-5-10-16-25)30(37-22-26-17-11-6-12-18-26)28(38-27)23-35-20-24-13-7-4-8-14-24/h4-18,27-30H,19-23H2,1-3H3,(H,33,34). The lowest BCUT2D eigenvalue weighted by molar-refractivity contribution is -0.0898. The van der Waals surface area contributed by atoms with Gasteiger partial charge >= 0.3 is 6.09 Å². The third kappa shape index (κ3) is 9.48. The Bertz CT molecular complexity index is 1120. The molecule has 0 bridgehead atoms. The molecule has 1 amide bonds. The molecule has 1 saturated heterocycles. The van der Waals surface area contributed by atoms with E-state index in [-0.39, 0.29) is 12.6 Å². The van der Waals surface area contributed by atoms with E-state index in [0.717, 1.165) is 16.7 Å². The minimum atomic E-state index is -0.598. The van der Waals surface area contributed by atoms with Gasteiger partial charge in [0, 0.05) is 6.54 Å². The second-order valence-electron chi connectivity index (χ2n) is 10.6. The number of amides is 1. The van der Waals surface area contributed by atoms with Crippen LogP contribution in [0.4, 0.5) is 4.79 Å². The van der Waals surface area contributed by atoms with E-state index < -0.39 is 30.0 Å². The van der Waals surface area contributed by atoms with Crippen LogP contribution >= 0.6 is 0 Å². The summed E-state index contributed by atoms with van der Waals surface area (Å²) in [5.41, 5.74) is 2.58. The van der Waals surface area contributed by atoms with Crippen molar-refractivity contribution in [2.75, 3.05) is 13.2 Å². The molecule has 3 aromatic rings. The number of carbonyl (C=O) groups excluding carboxylic acids is 1. The first-order valence-electron chi connectivity index (χ1n) is 13.4. The Labute approximate surface area is 231 Å². The van der Waals surface area contributed by atoms with Crippen molar-refractivity contribution in [2.45, 2.75) is 70.6 Å². The molecule has 1 heterocycles. The lowest BCUT2D eigenvalue weighted by Crippen LogP contribution is -2.44. The molecule has 0 radical (unpaired) electrons. The largest absolute Gasteiger partial charge is 0.444 e. The molecule has 208 valence electrons. The van der Waals surface area contributed by atoms with Crippen LogP contribution in [0, 0.1) is 0 Å². The molecular formula is C32H39NO6. The van der Waals surface area contributed by atoms with Crippen LogP contribution in [0.2, 0.25) is 0 Å². The molecule has 0 saturated carbocycles. The number of rotatable bonds is 12. The molecule has 1 fully saturated rings. The molecule has 1 aliphatic heterocycles. The second-order valence-corrected chi connectivity index (χ2v) is 10.6. The predicted molar refractivity (Wildman–Crippen MR) is 149 cm³/mol. The second kappa shape index (κ2) is 14.2. The molecule has 1 N–H and O–H groups in total. The summed E-state index contributed by atoms with van der Waals surface area (Å²) >= 11 is 0. The molecule has 4 rings (SSSR count). The number of hydrogen-bond donors (Lipinski definition) is 1. The van der Waals surface area contributed by atoms with E-state index in [1.165, 1.54) is 0 Å². The molecule has 0 aromatic heterocycles. The Morgan fingerprint density at radius 2 is 1.18 bits per heavy atom. The molecule has 4 atom stereocenters. The van der Waals surface area contributed by atoms with Crippen molar-refractivity contribution in [2.24, 2.45) is 0 Å². The molecule has 0 aliphatic carbocycles. The third-order valence-electron chi connectivity index (χ3n) is 6.22. The summed E-state index contributed by atoms with van der Waals surface area (Å²) in [5, 5.41) is 2.84. The highest BCUT2D eigenvalue weighted by molar-refractivity contribution is 5.67. The number of carbonyl (C=O) groups is 1. The van der Waals surface area contributed by atoms with Crippen LogP contribution in [0.25, 0.3) is 0 Å². The van der Waals surface area contributed by atoms with Crippen molar-refractivity contribution >= 4 is 6.09 Å². The Balaban J connectivity index is 1.48. The maximum absolute atomic E-state index is 12.4. The fourth-order valence-electron chi connectivity index (χ4n) is 4.40. The summed E-state index contributed by atoms with van der Waals surface area (Å²) in [6.07, 6.45) is -2.18. The molecule has 7 nitrogen and oxygen atoms in total. The van der Waals surface area contributed by atoms with Crippen molar-refractivity contribution in [1.29, 1.82) is 0 Å². The summed E-state index contributed by atoms with van der Waals surface area (Å²) in [4.78, 5) is 12.4. The van der Waals surface area contributed by atoms with Gasteiger partial charge in [-0.05, 0) is 37.5 Å². The average molecular weight is 534 g/mol. The highest BCUT2D eigenvalue weighted by Crippen LogP contribution is 2.29. The van der Waals surface area contributed by atoms with Crippen LogP contribution in [0.5, 0.6) is 0 Å². The van der Waals surface area contributed by atoms with Crippen LogP contribution in [0.3, 0.4) is 0 Å². The fourth-order valence-corrected chi connectivity index (χ4v) is 4.40. The Kier molecular flexibility index (Phi) is 10.5. The van der Waals surface area contributed by atoms with Crippen molar-refractivity contribution in [3.63, 3.8) is 0 Å². The van der Waals surface area contributed by atoms with Gasteiger partial charge in [-0.1, -0.05) is 91.0 Å². The number of hydrogen-bond acceptors (Lipinski definition) is 6. The lowest BCUT2D eigenvalue weighted by atomic mass is 10.1. The van der Waals surface area contributed by atoms with Gasteiger partial charge in [0.05, 0.1) is 26.4 Å². The zero-order valence-electron chi connectivity index (χ0n) is 23.0. The maximum atomic E-state index is 12.4. The highest BCUT2D eigenvalue weighted by atomic mass is 16.6. The van der Waals surface area contributed by atoms with Gasteiger partial charge in [-0.2, -0.15) is 0 Å². The number of alkyl carbamates (subject to hydrolysis) is 1.